The van der Waals surface area contributed by atoms with Gasteiger partial charge in [-0.25, -0.2) is 0 Å². The highest BCUT2D eigenvalue weighted by Crippen LogP contribution is 2.32. The summed E-state index contributed by atoms with van der Waals surface area (Å²) in [6.07, 6.45) is 6.12. The summed E-state index contributed by atoms with van der Waals surface area (Å²) in [5.41, 5.74) is 5.59. The SMILES string of the molecule is CCCCCC(=O)Oc1ccc(C[C@](N)(CC(C)OC(=O)CC(C)CC)C(=O)OC)cc1OC(=O)CCCCC. The fourth-order valence-electron chi connectivity index (χ4n) is 4.26. The smallest absolute Gasteiger partial charge is 0.326 e. The molecule has 9 nitrogen and oxygen atoms in total. The van der Waals surface area contributed by atoms with Gasteiger partial charge in [0.15, 0.2) is 11.5 Å². The second-order valence-corrected chi connectivity index (χ2v) is 10.7. The molecule has 2 unspecified atom stereocenters. The van der Waals surface area contributed by atoms with Crippen molar-refractivity contribution in [3.8, 4) is 11.5 Å². The third-order valence-electron chi connectivity index (χ3n) is 6.73. The van der Waals surface area contributed by atoms with E-state index in [2.05, 4.69) is 0 Å². The van der Waals surface area contributed by atoms with E-state index in [0.717, 1.165) is 32.1 Å². The molecule has 0 heterocycles. The number of ether oxygens (including phenoxy) is 4. The molecule has 0 spiro atoms. The molecular formula is C31H49NO8. The van der Waals surface area contributed by atoms with Crippen LogP contribution in [0.3, 0.4) is 0 Å². The fraction of sp³-hybridized carbons (Fsp3) is 0.677. The number of hydrogen-bond acceptors (Lipinski definition) is 9. The number of methoxy groups -OCH3 is 1. The summed E-state index contributed by atoms with van der Waals surface area (Å²) < 4.78 is 21.6. The Bertz CT molecular complexity index is 963. The number of hydrogen-bond donors (Lipinski definition) is 1. The van der Waals surface area contributed by atoms with Crippen LogP contribution in [0.2, 0.25) is 0 Å². The molecule has 1 rings (SSSR count). The highest BCUT2D eigenvalue weighted by atomic mass is 16.6. The predicted molar refractivity (Wildman–Crippen MR) is 153 cm³/mol. The van der Waals surface area contributed by atoms with Crippen molar-refractivity contribution in [3.63, 3.8) is 0 Å². The monoisotopic (exact) mass is 563 g/mol. The summed E-state index contributed by atoms with van der Waals surface area (Å²) >= 11 is 0. The summed E-state index contributed by atoms with van der Waals surface area (Å²) in [6, 6.07) is 4.75. The zero-order valence-electron chi connectivity index (χ0n) is 25.2. The normalized spacial score (nSPS) is 14.0. The summed E-state index contributed by atoms with van der Waals surface area (Å²) in [5.74, 6) is -1.48. The number of nitrogens with two attached hydrogens (primary N) is 1. The molecule has 0 fully saturated rings. The third-order valence-corrected chi connectivity index (χ3v) is 6.73. The molecule has 9 heteroatoms. The molecule has 0 saturated carbocycles. The number of rotatable bonds is 19. The lowest BCUT2D eigenvalue weighted by Gasteiger charge is -2.29. The van der Waals surface area contributed by atoms with E-state index in [9.17, 15) is 19.2 Å². The standard InChI is InChI=1S/C31H49NO8/c1-7-10-12-14-27(33)39-25-17-16-24(19-26(25)40-28(34)15-13-11-8-2)21-31(32,30(36)37-6)20-23(5)38-29(35)18-22(4)9-3/h16-17,19,22-23H,7-15,18,20-21,32H2,1-6H3/t22?,23?,31-/m1/s1. The summed E-state index contributed by atoms with van der Waals surface area (Å²) in [6.45, 7) is 9.74. The average molecular weight is 564 g/mol. The molecular weight excluding hydrogens is 514 g/mol. The number of carbonyl (C=O) groups excluding carboxylic acids is 4. The lowest BCUT2D eigenvalue weighted by molar-refractivity contribution is -0.155. The fourth-order valence-corrected chi connectivity index (χ4v) is 4.26. The van der Waals surface area contributed by atoms with Crippen LogP contribution in [0.4, 0.5) is 0 Å². The maximum Gasteiger partial charge on any atom is 0.326 e. The van der Waals surface area contributed by atoms with Crippen molar-refractivity contribution in [2.75, 3.05) is 7.11 Å². The van der Waals surface area contributed by atoms with Crippen LogP contribution in [-0.2, 0) is 35.1 Å². The Hall–Kier alpha value is -2.94. The molecule has 226 valence electrons. The Kier molecular flexibility index (Phi) is 16.2. The lowest BCUT2D eigenvalue weighted by Crippen LogP contribution is -2.53. The zero-order chi connectivity index (χ0) is 30.1. The van der Waals surface area contributed by atoms with Gasteiger partial charge in [-0.3, -0.25) is 19.2 Å². The van der Waals surface area contributed by atoms with Crippen molar-refractivity contribution in [2.24, 2.45) is 11.7 Å². The molecule has 0 radical (unpaired) electrons. The minimum Gasteiger partial charge on any atom is -0.468 e. The van der Waals surface area contributed by atoms with Crippen LogP contribution in [0.15, 0.2) is 18.2 Å². The van der Waals surface area contributed by atoms with Crippen molar-refractivity contribution in [2.45, 2.75) is 123 Å². The topological polar surface area (TPSA) is 131 Å². The zero-order valence-corrected chi connectivity index (χ0v) is 25.2. The molecule has 3 atom stereocenters. The molecule has 40 heavy (non-hydrogen) atoms. The van der Waals surface area contributed by atoms with Crippen molar-refractivity contribution < 1.29 is 38.1 Å². The van der Waals surface area contributed by atoms with E-state index in [-0.39, 0.29) is 55.5 Å². The van der Waals surface area contributed by atoms with Gasteiger partial charge < -0.3 is 24.7 Å². The highest BCUT2D eigenvalue weighted by molar-refractivity contribution is 5.81. The van der Waals surface area contributed by atoms with Gasteiger partial charge in [-0.05, 0) is 43.4 Å². The number of benzene rings is 1. The lowest BCUT2D eigenvalue weighted by atomic mass is 9.86. The summed E-state index contributed by atoms with van der Waals surface area (Å²) in [7, 11) is 1.24. The van der Waals surface area contributed by atoms with Gasteiger partial charge in [0.05, 0.1) is 7.11 Å². The van der Waals surface area contributed by atoms with E-state index in [1.54, 1.807) is 19.1 Å². The third kappa shape index (κ3) is 12.9. The van der Waals surface area contributed by atoms with E-state index in [0.29, 0.717) is 18.4 Å². The minimum absolute atomic E-state index is 0.0119. The number of unbranched alkanes of at least 4 members (excludes halogenated alkanes) is 4. The van der Waals surface area contributed by atoms with Crippen molar-refractivity contribution in [1.82, 2.24) is 0 Å². The van der Waals surface area contributed by atoms with Crippen LogP contribution in [-0.4, -0.2) is 42.6 Å². The molecule has 1 aromatic carbocycles. The van der Waals surface area contributed by atoms with E-state index in [1.165, 1.54) is 13.2 Å². The van der Waals surface area contributed by atoms with Gasteiger partial charge in [0.25, 0.3) is 0 Å². The number of carbonyl (C=O) groups is 4. The first-order valence-corrected chi connectivity index (χ1v) is 14.6. The van der Waals surface area contributed by atoms with Crippen LogP contribution in [0, 0.1) is 5.92 Å². The molecule has 0 saturated heterocycles. The molecule has 0 aliphatic carbocycles. The molecule has 0 aliphatic rings. The van der Waals surface area contributed by atoms with Crippen LogP contribution in [0.25, 0.3) is 0 Å². The Balaban J connectivity index is 3.16. The van der Waals surface area contributed by atoms with E-state index in [4.69, 9.17) is 24.7 Å². The van der Waals surface area contributed by atoms with Gasteiger partial charge >= 0.3 is 23.9 Å². The maximum absolute atomic E-state index is 12.8. The second kappa shape index (κ2) is 18.4. The van der Waals surface area contributed by atoms with Crippen LogP contribution in [0.1, 0.15) is 111 Å². The highest BCUT2D eigenvalue weighted by Gasteiger charge is 2.38. The average Bonchev–Trinajstić information content (AvgIpc) is 2.89. The van der Waals surface area contributed by atoms with Crippen LogP contribution >= 0.6 is 0 Å². The van der Waals surface area contributed by atoms with Crippen LogP contribution in [0.5, 0.6) is 11.5 Å². The summed E-state index contributed by atoms with van der Waals surface area (Å²) in [4.78, 5) is 50.0. The van der Waals surface area contributed by atoms with Gasteiger partial charge in [-0.1, -0.05) is 65.9 Å². The van der Waals surface area contributed by atoms with Crippen molar-refractivity contribution in [3.05, 3.63) is 23.8 Å². The Morgan fingerprint density at radius 2 is 1.43 bits per heavy atom. The first-order chi connectivity index (χ1) is 19.0. The van der Waals surface area contributed by atoms with Gasteiger partial charge in [0.1, 0.15) is 11.6 Å². The van der Waals surface area contributed by atoms with Crippen molar-refractivity contribution in [1.29, 1.82) is 0 Å². The Morgan fingerprint density at radius 3 is 1.95 bits per heavy atom. The minimum atomic E-state index is -1.52. The quantitative estimate of drug-likeness (QED) is 0.125. The van der Waals surface area contributed by atoms with E-state index < -0.39 is 29.6 Å². The first kappa shape index (κ1) is 35.1. The summed E-state index contributed by atoms with van der Waals surface area (Å²) in [5, 5.41) is 0. The first-order valence-electron chi connectivity index (χ1n) is 14.6. The molecule has 0 aliphatic heterocycles. The molecule has 0 amide bonds. The Labute approximate surface area is 239 Å². The largest absolute Gasteiger partial charge is 0.468 e. The predicted octanol–water partition coefficient (Wildman–Crippen LogP) is 5.83. The van der Waals surface area contributed by atoms with Crippen molar-refractivity contribution >= 4 is 23.9 Å². The molecule has 2 N–H and O–H groups in total. The Morgan fingerprint density at radius 1 is 0.850 bits per heavy atom. The van der Waals surface area contributed by atoms with E-state index in [1.807, 2.05) is 27.7 Å². The van der Waals surface area contributed by atoms with Crippen LogP contribution < -0.4 is 15.2 Å². The van der Waals surface area contributed by atoms with Gasteiger partial charge in [-0.15, -0.1) is 0 Å². The number of esters is 4. The maximum atomic E-state index is 12.8. The molecule has 0 aromatic heterocycles. The van der Waals surface area contributed by atoms with Gasteiger partial charge in [0, 0.05) is 32.1 Å². The second-order valence-electron chi connectivity index (χ2n) is 10.7. The van der Waals surface area contributed by atoms with E-state index >= 15 is 0 Å². The molecule has 1 aromatic rings. The van der Waals surface area contributed by atoms with Gasteiger partial charge in [-0.2, -0.15) is 0 Å². The van der Waals surface area contributed by atoms with Gasteiger partial charge in [0.2, 0.25) is 0 Å². The molecule has 0 bridgehead atoms.